The summed E-state index contributed by atoms with van der Waals surface area (Å²) in [4.78, 5) is 27.6. The molecule has 0 bridgehead atoms. The summed E-state index contributed by atoms with van der Waals surface area (Å²) in [5, 5.41) is 4.26. The molecule has 5 nitrogen and oxygen atoms in total. The predicted octanol–water partition coefficient (Wildman–Crippen LogP) is 5.24. The predicted molar refractivity (Wildman–Crippen MR) is 123 cm³/mol. The molecule has 0 aromatic heterocycles. The summed E-state index contributed by atoms with van der Waals surface area (Å²) in [5.74, 6) is 0.0923. The van der Waals surface area contributed by atoms with Crippen molar-refractivity contribution < 1.29 is 14.3 Å². The highest BCUT2D eigenvalue weighted by Crippen LogP contribution is 2.21. The maximum absolute atomic E-state index is 13.1. The van der Waals surface area contributed by atoms with E-state index in [1.54, 1.807) is 37.3 Å². The van der Waals surface area contributed by atoms with Crippen LogP contribution in [0.25, 0.3) is 0 Å². The van der Waals surface area contributed by atoms with Crippen molar-refractivity contribution in [3.63, 3.8) is 0 Å². The Hall–Kier alpha value is -2.24. The molecule has 0 unspecified atom stereocenters. The van der Waals surface area contributed by atoms with E-state index in [0.717, 1.165) is 31.2 Å². The fourth-order valence-electron chi connectivity index (χ4n) is 3.72. The third kappa shape index (κ3) is 6.88. The Morgan fingerprint density at radius 3 is 2.42 bits per heavy atom. The molecule has 1 fully saturated rings. The molecule has 166 valence electrons. The van der Waals surface area contributed by atoms with Crippen molar-refractivity contribution in [1.29, 1.82) is 0 Å². The van der Waals surface area contributed by atoms with Gasteiger partial charge < -0.3 is 15.0 Å². The zero-order chi connectivity index (χ0) is 22.2. The number of ether oxygens (including phenoxy) is 1. The first-order valence-electron chi connectivity index (χ1n) is 10.7. The van der Waals surface area contributed by atoms with E-state index in [9.17, 15) is 9.59 Å². The van der Waals surface area contributed by atoms with Gasteiger partial charge in [-0.05, 0) is 55.7 Å². The Kier molecular flexibility index (Phi) is 8.61. The number of rotatable bonds is 8. The summed E-state index contributed by atoms with van der Waals surface area (Å²) in [7, 11) is 0. The van der Waals surface area contributed by atoms with Crippen LogP contribution < -0.4 is 10.1 Å². The van der Waals surface area contributed by atoms with Crippen molar-refractivity contribution in [1.82, 2.24) is 10.2 Å². The lowest BCUT2D eigenvalue weighted by molar-refractivity contribution is -0.142. The number of carbonyl (C=O) groups is 2. The Morgan fingerprint density at radius 2 is 1.74 bits per heavy atom. The van der Waals surface area contributed by atoms with Gasteiger partial charge in [0, 0.05) is 22.6 Å². The van der Waals surface area contributed by atoms with Gasteiger partial charge in [-0.2, -0.15) is 0 Å². The van der Waals surface area contributed by atoms with Crippen LogP contribution >= 0.6 is 23.2 Å². The maximum atomic E-state index is 13.1. The van der Waals surface area contributed by atoms with Crippen LogP contribution in [-0.4, -0.2) is 35.4 Å². The summed E-state index contributed by atoms with van der Waals surface area (Å²) in [6.07, 6.45) is 5.42. The second kappa shape index (κ2) is 11.4. The number of hydrogen-bond acceptors (Lipinski definition) is 3. The van der Waals surface area contributed by atoms with Gasteiger partial charge in [-0.3, -0.25) is 9.59 Å². The molecule has 1 atom stereocenters. The molecule has 2 aromatic carbocycles. The largest absolute Gasteiger partial charge is 0.484 e. The van der Waals surface area contributed by atoms with Gasteiger partial charge in [0.15, 0.2) is 6.61 Å². The number of nitrogens with one attached hydrogen (secondary N) is 1. The molecule has 0 aliphatic heterocycles. The molecular weight excluding hydrogens is 435 g/mol. The molecule has 0 heterocycles. The van der Waals surface area contributed by atoms with E-state index >= 15 is 0 Å². The number of carbonyl (C=O) groups excluding carboxylic acids is 2. The zero-order valence-electron chi connectivity index (χ0n) is 17.7. The van der Waals surface area contributed by atoms with Crippen LogP contribution in [0.3, 0.4) is 0 Å². The molecule has 2 amide bonds. The molecule has 0 saturated heterocycles. The summed E-state index contributed by atoms with van der Waals surface area (Å²) in [6.45, 7) is 1.78. The first-order valence-corrected chi connectivity index (χ1v) is 11.4. The molecule has 3 rings (SSSR count). The third-order valence-corrected chi connectivity index (χ3v) is 6.21. The van der Waals surface area contributed by atoms with E-state index in [1.165, 1.54) is 11.3 Å². The smallest absolute Gasteiger partial charge is 0.261 e. The average molecular weight is 463 g/mol. The minimum Gasteiger partial charge on any atom is -0.484 e. The van der Waals surface area contributed by atoms with Crippen LogP contribution in [0.1, 0.15) is 44.6 Å². The summed E-state index contributed by atoms with van der Waals surface area (Å²) < 4.78 is 5.64. The molecule has 1 saturated carbocycles. The summed E-state index contributed by atoms with van der Waals surface area (Å²) in [5.41, 5.74) is 0.779. The van der Waals surface area contributed by atoms with Gasteiger partial charge in [0.25, 0.3) is 5.91 Å². The van der Waals surface area contributed by atoms with Crippen LogP contribution in [0.4, 0.5) is 0 Å². The number of amides is 2. The van der Waals surface area contributed by atoms with Crippen LogP contribution in [0.2, 0.25) is 10.0 Å². The Labute approximate surface area is 193 Å². The highest BCUT2D eigenvalue weighted by Gasteiger charge is 2.28. The van der Waals surface area contributed by atoms with Crippen molar-refractivity contribution in [3.8, 4) is 5.75 Å². The minimum atomic E-state index is -0.653. The zero-order valence-corrected chi connectivity index (χ0v) is 19.2. The first kappa shape index (κ1) is 23.4. The normalized spacial score (nSPS) is 15.2. The van der Waals surface area contributed by atoms with Crippen LogP contribution in [0.15, 0.2) is 48.5 Å². The van der Waals surface area contributed by atoms with Gasteiger partial charge in [0.2, 0.25) is 5.91 Å². The van der Waals surface area contributed by atoms with E-state index in [0.29, 0.717) is 15.8 Å². The lowest BCUT2D eigenvalue weighted by atomic mass is 9.95. The van der Waals surface area contributed by atoms with E-state index in [2.05, 4.69) is 5.32 Å². The van der Waals surface area contributed by atoms with Crippen molar-refractivity contribution in [2.24, 2.45) is 0 Å². The summed E-state index contributed by atoms with van der Waals surface area (Å²) >= 11 is 12.2. The van der Waals surface area contributed by atoms with E-state index in [-0.39, 0.29) is 31.0 Å². The lowest BCUT2D eigenvalue weighted by Crippen LogP contribution is -2.51. The minimum absolute atomic E-state index is 0.154. The number of benzene rings is 2. The standard InChI is InChI=1S/C24H28Cl2N2O3/c1-17(24(30)27-20-8-3-2-4-9-20)28(15-18-7-5-6-10-22(18)26)23(29)16-31-21-13-11-19(25)12-14-21/h5-7,10-14,17,20H,2-4,8-9,15-16H2,1H3,(H,27,30)/t17-/m0/s1. The van der Waals surface area contributed by atoms with E-state index < -0.39 is 6.04 Å². The van der Waals surface area contributed by atoms with E-state index in [1.807, 2.05) is 18.2 Å². The summed E-state index contributed by atoms with van der Waals surface area (Å²) in [6, 6.07) is 13.6. The first-order chi connectivity index (χ1) is 14.9. The van der Waals surface area contributed by atoms with Gasteiger partial charge in [-0.25, -0.2) is 0 Å². The second-order valence-electron chi connectivity index (χ2n) is 7.88. The second-order valence-corrected chi connectivity index (χ2v) is 8.72. The molecule has 1 N–H and O–H groups in total. The van der Waals surface area contributed by atoms with Crippen molar-refractivity contribution >= 4 is 35.0 Å². The SMILES string of the molecule is C[C@@H](C(=O)NC1CCCCC1)N(Cc1ccccc1Cl)C(=O)COc1ccc(Cl)cc1. The maximum Gasteiger partial charge on any atom is 0.261 e. The van der Waals surface area contributed by atoms with Gasteiger partial charge in [0.1, 0.15) is 11.8 Å². The molecule has 31 heavy (non-hydrogen) atoms. The Bertz CT molecular complexity index is 883. The third-order valence-electron chi connectivity index (χ3n) is 5.59. The quantitative estimate of drug-likeness (QED) is 0.583. The average Bonchev–Trinajstić information content (AvgIpc) is 2.78. The molecular formula is C24H28Cl2N2O3. The van der Waals surface area contributed by atoms with Crippen molar-refractivity contribution in [2.75, 3.05) is 6.61 Å². The van der Waals surface area contributed by atoms with Crippen molar-refractivity contribution in [2.45, 2.75) is 57.7 Å². The van der Waals surface area contributed by atoms with E-state index in [4.69, 9.17) is 27.9 Å². The lowest BCUT2D eigenvalue weighted by Gasteiger charge is -2.31. The molecule has 0 spiro atoms. The number of nitrogens with zero attached hydrogens (tertiary/aromatic N) is 1. The van der Waals surface area contributed by atoms with Crippen molar-refractivity contribution in [3.05, 3.63) is 64.1 Å². The van der Waals surface area contributed by atoms with Crippen LogP contribution in [0.5, 0.6) is 5.75 Å². The molecule has 1 aliphatic carbocycles. The molecule has 0 radical (unpaired) electrons. The van der Waals surface area contributed by atoms with Gasteiger partial charge in [-0.1, -0.05) is 60.7 Å². The number of hydrogen-bond donors (Lipinski definition) is 1. The monoisotopic (exact) mass is 462 g/mol. The Balaban J connectivity index is 1.71. The molecule has 1 aliphatic rings. The van der Waals surface area contributed by atoms with Crippen LogP contribution in [-0.2, 0) is 16.1 Å². The van der Waals surface area contributed by atoms with Gasteiger partial charge in [-0.15, -0.1) is 0 Å². The highest BCUT2D eigenvalue weighted by atomic mass is 35.5. The molecule has 7 heteroatoms. The fraction of sp³-hybridized carbons (Fsp3) is 0.417. The Morgan fingerprint density at radius 1 is 1.06 bits per heavy atom. The van der Waals surface area contributed by atoms with Gasteiger partial charge >= 0.3 is 0 Å². The number of halogens is 2. The van der Waals surface area contributed by atoms with Gasteiger partial charge in [0.05, 0.1) is 0 Å². The van der Waals surface area contributed by atoms with Crippen LogP contribution in [0, 0.1) is 0 Å². The highest BCUT2D eigenvalue weighted by molar-refractivity contribution is 6.31. The topological polar surface area (TPSA) is 58.6 Å². The molecule has 2 aromatic rings. The fourth-order valence-corrected chi connectivity index (χ4v) is 4.04.